The third kappa shape index (κ3) is 10.2. The molecule has 7 unspecified atom stereocenters. The summed E-state index contributed by atoms with van der Waals surface area (Å²) in [6.07, 6.45) is 37.7. The first kappa shape index (κ1) is 80.4. The summed E-state index contributed by atoms with van der Waals surface area (Å²) in [5.41, 5.74) is 22.7. The van der Waals surface area contributed by atoms with Gasteiger partial charge in [-0.05, 0) is 233 Å². The number of aryl methyl sites for hydroxylation is 5. The van der Waals surface area contributed by atoms with E-state index in [4.69, 9.17) is 22.1 Å². The summed E-state index contributed by atoms with van der Waals surface area (Å²) >= 11 is 0. The van der Waals surface area contributed by atoms with Crippen molar-refractivity contribution in [2.24, 2.45) is 34.5 Å². The van der Waals surface area contributed by atoms with E-state index in [1.165, 1.54) is 186 Å². The standard InChI is InChI=1S/C24H27N3O.2C22H27N3O.C20H23N3O.C19H21N3O/c1-14-5-3-4-6-20(14)27-15(2)21-22(26-8-7-25-23(26)28-21)24(27)18-10-16-9-17(12-18)13-19(24)11-16;2*1-13-9-8-10-15-16(13)25-14(2)17-18(24-12-11-23-19(24)26-17)22(25,7)21(5,6)20(15,3)4;1-14-8-4-5-9-16(14)23-15(2)17-18(20(23)10-6-3-7-11-20)22-13-12-21-19(22)24-17;1-13-7-3-4-8-15(13)22-14(2)16-17(19(22)9-5-6-10-19)21-12-11-20-18(21)23-16/h3-8,15-19H,9-13H2,1-2H3;2*8-12,14H,1-7H3;4-5,8-9,12-13,15H,3,6-7,10-11H2,1-2H3;3-4,7-8,11-12,14H,5-6,9-10H2,1-2H3. The molecule has 0 saturated heterocycles. The second-order valence-corrected chi connectivity index (χ2v) is 42.6. The predicted molar refractivity (Wildman–Crippen MR) is 500 cm³/mol. The smallest absolute Gasteiger partial charge is 0.306 e. The summed E-state index contributed by atoms with van der Waals surface area (Å²) in [4.78, 5) is 35.3. The van der Waals surface area contributed by atoms with Crippen LogP contribution in [0.3, 0.4) is 0 Å². The van der Waals surface area contributed by atoms with Gasteiger partial charge in [-0.2, -0.15) is 0 Å². The molecule has 4 bridgehead atoms. The number of oxazole rings is 5. The molecule has 3 spiro atoms. The number of rotatable bonds is 3. The maximum atomic E-state index is 6.40. The Morgan fingerprint density at radius 2 is 0.583 bits per heavy atom. The number of anilines is 5. The van der Waals surface area contributed by atoms with Gasteiger partial charge in [0.2, 0.25) is 0 Å². The van der Waals surface area contributed by atoms with Crippen molar-refractivity contribution in [3.05, 3.63) is 267 Å². The molecule has 17 heterocycles. The number of imidazole rings is 5. The molecule has 15 aromatic rings. The molecule has 6 fully saturated rings. The minimum absolute atomic E-state index is 0.00507. The maximum Gasteiger partial charge on any atom is 0.306 e. The van der Waals surface area contributed by atoms with Crippen LogP contribution < -0.4 is 24.5 Å². The molecule has 10 aromatic heterocycles. The number of hydrogen-bond donors (Lipinski definition) is 0. The third-order valence-electron chi connectivity index (χ3n) is 36.2. The Bertz CT molecular complexity index is 6670. The van der Waals surface area contributed by atoms with E-state index in [-0.39, 0.29) is 79.6 Å². The topological polar surface area (TPSA) is 168 Å². The van der Waals surface area contributed by atoms with Crippen molar-refractivity contribution in [3.8, 4) is 0 Å². The summed E-state index contributed by atoms with van der Waals surface area (Å²) in [6.45, 7) is 46.5. The van der Waals surface area contributed by atoms with Crippen LogP contribution in [-0.2, 0) is 38.5 Å². The fraction of sp³-hybridized carbons (Fsp3) is 0.486. The molecule has 6 aliphatic carbocycles. The van der Waals surface area contributed by atoms with Crippen LogP contribution in [0.1, 0.15) is 320 Å². The molecule has 5 aromatic carbocycles. The van der Waals surface area contributed by atoms with Crippen molar-refractivity contribution in [2.75, 3.05) is 24.5 Å². The van der Waals surface area contributed by atoms with Gasteiger partial charge in [-0.25, -0.2) is 24.9 Å². The summed E-state index contributed by atoms with van der Waals surface area (Å²) in [5, 5.41) is 0. The number of para-hydroxylation sites is 5. The van der Waals surface area contributed by atoms with Crippen molar-refractivity contribution in [2.45, 2.75) is 297 Å². The molecule has 7 atom stereocenters. The zero-order chi connectivity index (χ0) is 87.8. The molecule has 0 amide bonds. The average Bonchev–Trinajstić information content (AvgIpc) is 1.52. The lowest BCUT2D eigenvalue weighted by Crippen LogP contribution is -2.62. The number of nitrogens with zero attached hydrogens (tertiary/aromatic N) is 15. The summed E-state index contributed by atoms with van der Waals surface area (Å²) in [6, 6.07) is 41.0. The van der Waals surface area contributed by atoms with E-state index in [1.807, 2.05) is 49.6 Å². The number of fused-ring (bicyclic) bond motifs is 25. The summed E-state index contributed by atoms with van der Waals surface area (Å²) in [7, 11) is 0. The Balaban J connectivity index is 0.0000000912. The van der Waals surface area contributed by atoms with Gasteiger partial charge in [0.15, 0.2) is 28.8 Å². The van der Waals surface area contributed by atoms with Crippen LogP contribution in [0.15, 0.2) is 193 Å². The van der Waals surface area contributed by atoms with Gasteiger partial charge in [0.25, 0.3) is 0 Å². The minimum atomic E-state index is -0.198. The van der Waals surface area contributed by atoms with Crippen LogP contribution in [0.4, 0.5) is 28.4 Å². The molecular weight excluding hydrogens is 1580 g/mol. The molecular formula is C107H125N15O5. The summed E-state index contributed by atoms with van der Waals surface area (Å²) in [5.74, 6) is 12.4. The highest BCUT2D eigenvalue weighted by Crippen LogP contribution is 2.73. The Morgan fingerprint density at radius 1 is 0.299 bits per heavy atom. The lowest BCUT2D eigenvalue weighted by Gasteiger charge is -2.63. The van der Waals surface area contributed by atoms with Gasteiger partial charge in [-0.3, -0.25) is 22.0 Å². The highest BCUT2D eigenvalue weighted by molar-refractivity contribution is 5.75. The van der Waals surface area contributed by atoms with E-state index < -0.39 is 0 Å². The zero-order valence-electron chi connectivity index (χ0n) is 78.0. The van der Waals surface area contributed by atoms with Crippen molar-refractivity contribution in [3.63, 3.8) is 0 Å². The van der Waals surface area contributed by atoms with E-state index in [1.54, 1.807) is 0 Å². The van der Waals surface area contributed by atoms with E-state index in [0.717, 1.165) is 70.0 Å². The van der Waals surface area contributed by atoms with E-state index in [0.29, 0.717) is 11.7 Å². The Kier molecular flexibility index (Phi) is 17.4. The maximum absolute atomic E-state index is 6.40. The Hall–Kier alpha value is -11.2. The molecule has 127 heavy (non-hydrogen) atoms. The second kappa shape index (κ2) is 27.5. The fourth-order valence-electron chi connectivity index (χ4n) is 29.1. The highest BCUT2D eigenvalue weighted by Gasteiger charge is 2.71. The van der Waals surface area contributed by atoms with Crippen molar-refractivity contribution in [1.82, 2.24) is 46.9 Å². The quantitative estimate of drug-likeness (QED) is 0.164. The van der Waals surface area contributed by atoms with Crippen LogP contribution in [0.2, 0.25) is 0 Å². The first-order valence-corrected chi connectivity index (χ1v) is 47.5. The average molecular weight is 1700 g/mol. The minimum Gasteiger partial charge on any atom is -0.426 e. The lowest BCUT2D eigenvalue weighted by atomic mass is 9.47. The van der Waals surface area contributed by atoms with Gasteiger partial charge in [-0.15, -0.1) is 0 Å². The molecule has 20 heteroatoms. The zero-order valence-corrected chi connectivity index (χ0v) is 78.0. The number of benzene rings is 5. The molecule has 0 N–H and O–H groups in total. The molecule has 13 aliphatic rings. The molecule has 28 rings (SSSR count). The van der Waals surface area contributed by atoms with Crippen LogP contribution in [0, 0.1) is 69.1 Å². The molecule has 7 aliphatic heterocycles. The monoisotopic (exact) mass is 1700 g/mol. The second-order valence-electron chi connectivity index (χ2n) is 42.6. The van der Waals surface area contributed by atoms with Crippen LogP contribution in [0.25, 0.3) is 29.2 Å². The molecule has 0 radical (unpaired) electrons. The van der Waals surface area contributed by atoms with E-state index >= 15 is 0 Å². The van der Waals surface area contributed by atoms with Crippen LogP contribution in [-0.4, -0.2) is 46.9 Å². The van der Waals surface area contributed by atoms with Gasteiger partial charge in [0.1, 0.15) is 0 Å². The molecule has 658 valence electrons. The van der Waals surface area contributed by atoms with Gasteiger partial charge >= 0.3 is 29.2 Å². The molecule has 20 nitrogen and oxygen atoms in total. The van der Waals surface area contributed by atoms with Gasteiger partial charge in [0, 0.05) is 101 Å². The normalized spacial score (nSPS) is 28.2. The van der Waals surface area contributed by atoms with Crippen LogP contribution >= 0.6 is 0 Å². The van der Waals surface area contributed by atoms with Gasteiger partial charge < -0.3 is 46.6 Å². The van der Waals surface area contributed by atoms with Gasteiger partial charge in [0.05, 0.1) is 86.4 Å². The van der Waals surface area contributed by atoms with Crippen LogP contribution in [0.5, 0.6) is 0 Å². The first-order chi connectivity index (χ1) is 60.9. The largest absolute Gasteiger partial charge is 0.426 e. The first-order valence-electron chi connectivity index (χ1n) is 47.5. The van der Waals surface area contributed by atoms with Gasteiger partial charge in [-0.1, -0.05) is 178 Å². The Labute approximate surface area is 745 Å². The Morgan fingerprint density at radius 3 is 0.937 bits per heavy atom. The fourth-order valence-corrected chi connectivity index (χ4v) is 29.1. The van der Waals surface area contributed by atoms with Crippen molar-refractivity contribution in [1.29, 1.82) is 0 Å². The van der Waals surface area contributed by atoms with E-state index in [9.17, 15) is 0 Å². The number of hydrogen-bond acceptors (Lipinski definition) is 15. The lowest BCUT2D eigenvalue weighted by molar-refractivity contribution is -0.0623. The number of aromatic nitrogens is 10. The third-order valence-corrected chi connectivity index (χ3v) is 36.2. The summed E-state index contributed by atoms with van der Waals surface area (Å²) < 4.78 is 42.2. The SMILES string of the molecule is Cc1cccc2c1N1C(C)c3oc4nccn4c3C1(C)C(C)(C)C2(C)C.Cc1cccc2c1N1C(C)c3oc4nccn4c3C1(C)C(C)(C)C2(C)C.Cc1ccccc1N1C(C)c2oc3nccn3c2C12C1CC3CC(C1)CC2C3.Cc1ccccc1N1C(C)c2oc3nccn3c2C12CCCC2.Cc1ccccc1N1C(C)c2oc3nccn3c2C12CCCCC2. The van der Waals surface area contributed by atoms with Crippen molar-refractivity contribution < 1.29 is 22.1 Å². The highest BCUT2D eigenvalue weighted by atomic mass is 16.4. The van der Waals surface area contributed by atoms with Crippen molar-refractivity contribution >= 4 is 57.7 Å². The molecule has 6 saturated carbocycles. The predicted octanol–water partition coefficient (Wildman–Crippen LogP) is 25.7. The van der Waals surface area contributed by atoms with E-state index in [2.05, 4.69) is 331 Å².